The van der Waals surface area contributed by atoms with Gasteiger partial charge in [0.05, 0.1) is 0 Å². The molecular weight excluding hydrogens is 170 g/mol. The van der Waals surface area contributed by atoms with Crippen LogP contribution in [0.1, 0.15) is 25.7 Å². The van der Waals surface area contributed by atoms with E-state index >= 15 is 0 Å². The van der Waals surface area contributed by atoms with Gasteiger partial charge in [-0.3, -0.25) is 9.59 Å². The van der Waals surface area contributed by atoms with Gasteiger partial charge in [-0.2, -0.15) is 0 Å². The number of hydrogen-bond donors (Lipinski definition) is 2. The molecule has 0 spiro atoms. The van der Waals surface area contributed by atoms with E-state index in [4.69, 9.17) is 5.11 Å². The van der Waals surface area contributed by atoms with Crippen LogP contribution in [0.3, 0.4) is 0 Å². The third kappa shape index (κ3) is 1.22. The Bertz CT molecular complexity index is 383. The molecule has 0 amide bonds. The average Bonchev–Trinajstić information content (AvgIpc) is 2.65. The van der Waals surface area contributed by atoms with Crippen molar-refractivity contribution in [3.63, 3.8) is 0 Å². The molecule has 4 nitrogen and oxygen atoms in total. The normalized spacial score (nSPS) is 18.2. The van der Waals surface area contributed by atoms with E-state index in [1.807, 2.05) is 0 Å². The summed E-state index contributed by atoms with van der Waals surface area (Å²) in [5.41, 5.74) is -1.22. The maximum absolute atomic E-state index is 10.9. The molecule has 0 heterocycles. The van der Waals surface area contributed by atoms with E-state index in [1.165, 1.54) is 0 Å². The van der Waals surface area contributed by atoms with Gasteiger partial charge in [0, 0.05) is 6.04 Å². The highest BCUT2D eigenvalue weighted by molar-refractivity contribution is 5.61. The predicted molar refractivity (Wildman–Crippen MR) is 48.9 cm³/mol. The lowest BCUT2D eigenvalue weighted by molar-refractivity contribution is 0.464. The van der Waals surface area contributed by atoms with Gasteiger partial charge < -0.3 is 10.4 Å². The van der Waals surface area contributed by atoms with E-state index in [0.717, 1.165) is 25.7 Å². The average molecular weight is 181 g/mol. The SMILES string of the molecule is O=c1c(O)c(NC2CCCC2)c1=O. The van der Waals surface area contributed by atoms with Gasteiger partial charge in [-0.1, -0.05) is 12.8 Å². The van der Waals surface area contributed by atoms with Crippen LogP contribution in [0.5, 0.6) is 5.75 Å². The topological polar surface area (TPSA) is 66.4 Å². The first kappa shape index (κ1) is 8.29. The van der Waals surface area contributed by atoms with Gasteiger partial charge in [0.25, 0.3) is 10.9 Å². The highest BCUT2D eigenvalue weighted by Crippen LogP contribution is 2.24. The number of aromatic hydroxyl groups is 1. The van der Waals surface area contributed by atoms with Crippen molar-refractivity contribution >= 4 is 5.69 Å². The summed E-state index contributed by atoms with van der Waals surface area (Å²) in [4.78, 5) is 21.6. The van der Waals surface area contributed by atoms with Crippen LogP contribution in [0.2, 0.25) is 0 Å². The molecule has 0 unspecified atom stereocenters. The summed E-state index contributed by atoms with van der Waals surface area (Å²) in [5.74, 6) is -0.392. The Morgan fingerprint density at radius 1 is 1.15 bits per heavy atom. The summed E-state index contributed by atoms with van der Waals surface area (Å²) < 4.78 is 0. The Labute approximate surface area is 74.9 Å². The Kier molecular flexibility index (Phi) is 1.83. The Hall–Kier alpha value is -1.32. The maximum atomic E-state index is 10.9. The molecule has 0 atom stereocenters. The molecule has 2 rings (SSSR count). The minimum absolute atomic E-state index is 0.122. The third-order valence-electron chi connectivity index (χ3n) is 2.59. The lowest BCUT2D eigenvalue weighted by Gasteiger charge is -2.14. The molecule has 0 aliphatic heterocycles. The van der Waals surface area contributed by atoms with Crippen molar-refractivity contribution in [2.45, 2.75) is 31.7 Å². The van der Waals surface area contributed by atoms with E-state index in [9.17, 15) is 9.59 Å². The second-order valence-corrected chi connectivity index (χ2v) is 3.51. The smallest absolute Gasteiger partial charge is 0.271 e. The fraction of sp³-hybridized carbons (Fsp3) is 0.556. The lowest BCUT2D eigenvalue weighted by Crippen LogP contribution is -2.35. The molecule has 1 aliphatic rings. The number of rotatable bonds is 2. The molecule has 1 saturated carbocycles. The van der Waals surface area contributed by atoms with Crippen molar-refractivity contribution in [3.8, 4) is 5.75 Å². The first-order chi connectivity index (χ1) is 6.20. The molecule has 70 valence electrons. The van der Waals surface area contributed by atoms with Gasteiger partial charge in [-0.15, -0.1) is 0 Å². The number of hydrogen-bond acceptors (Lipinski definition) is 4. The molecule has 1 aliphatic carbocycles. The van der Waals surface area contributed by atoms with Crippen LogP contribution >= 0.6 is 0 Å². The zero-order chi connectivity index (χ0) is 9.42. The first-order valence-electron chi connectivity index (χ1n) is 4.49. The molecule has 0 saturated heterocycles. The van der Waals surface area contributed by atoms with E-state index in [0.29, 0.717) is 0 Å². The van der Waals surface area contributed by atoms with Crippen LogP contribution in [0.25, 0.3) is 0 Å². The Morgan fingerprint density at radius 2 is 1.77 bits per heavy atom. The molecule has 1 aromatic carbocycles. The van der Waals surface area contributed by atoms with Crippen LogP contribution in [-0.4, -0.2) is 11.1 Å². The summed E-state index contributed by atoms with van der Waals surface area (Å²) in [6.07, 6.45) is 4.32. The van der Waals surface area contributed by atoms with E-state index in [2.05, 4.69) is 5.32 Å². The molecule has 0 radical (unpaired) electrons. The van der Waals surface area contributed by atoms with Crippen molar-refractivity contribution in [2.75, 3.05) is 5.32 Å². The Balaban J connectivity index is 2.10. The van der Waals surface area contributed by atoms with Crippen LogP contribution < -0.4 is 16.2 Å². The Morgan fingerprint density at radius 3 is 2.31 bits per heavy atom. The maximum Gasteiger partial charge on any atom is 0.271 e. The van der Waals surface area contributed by atoms with Crippen molar-refractivity contribution in [2.24, 2.45) is 0 Å². The van der Waals surface area contributed by atoms with Gasteiger partial charge in [0.2, 0.25) is 0 Å². The summed E-state index contributed by atoms with van der Waals surface area (Å²) in [7, 11) is 0. The molecule has 2 N–H and O–H groups in total. The van der Waals surface area contributed by atoms with Crippen molar-refractivity contribution in [1.29, 1.82) is 0 Å². The van der Waals surface area contributed by atoms with Crippen molar-refractivity contribution in [1.82, 2.24) is 0 Å². The quantitative estimate of drug-likeness (QED) is 0.646. The zero-order valence-corrected chi connectivity index (χ0v) is 7.17. The van der Waals surface area contributed by atoms with Gasteiger partial charge in [-0.05, 0) is 12.8 Å². The first-order valence-corrected chi connectivity index (χ1v) is 4.49. The fourth-order valence-electron chi connectivity index (χ4n) is 1.79. The van der Waals surface area contributed by atoms with Gasteiger partial charge in [0.15, 0.2) is 5.75 Å². The second kappa shape index (κ2) is 2.87. The highest BCUT2D eigenvalue weighted by atomic mass is 16.3. The second-order valence-electron chi connectivity index (χ2n) is 3.51. The van der Waals surface area contributed by atoms with Crippen LogP contribution in [0.4, 0.5) is 5.69 Å². The summed E-state index contributed by atoms with van der Waals surface area (Å²) >= 11 is 0. The molecular formula is C9H11NO3. The fourth-order valence-corrected chi connectivity index (χ4v) is 1.79. The van der Waals surface area contributed by atoms with Crippen LogP contribution in [-0.2, 0) is 0 Å². The lowest BCUT2D eigenvalue weighted by atomic mass is 10.2. The molecule has 1 aromatic rings. The molecule has 13 heavy (non-hydrogen) atoms. The molecule has 0 aromatic heterocycles. The zero-order valence-electron chi connectivity index (χ0n) is 7.17. The number of nitrogens with one attached hydrogen (secondary N) is 1. The monoisotopic (exact) mass is 181 g/mol. The van der Waals surface area contributed by atoms with E-state index in [1.54, 1.807) is 0 Å². The summed E-state index contributed by atoms with van der Waals surface area (Å²) in [6, 6.07) is 0.259. The highest BCUT2D eigenvalue weighted by Gasteiger charge is 2.23. The summed E-state index contributed by atoms with van der Waals surface area (Å²) in [6.45, 7) is 0. The van der Waals surface area contributed by atoms with Gasteiger partial charge >= 0.3 is 0 Å². The standard InChI is InChI=1S/C9H11NO3/c11-7-6(8(12)9(7)13)10-5-3-1-2-4-5/h5,10-11H,1-4H2. The molecule has 1 fully saturated rings. The van der Waals surface area contributed by atoms with Crippen LogP contribution in [0.15, 0.2) is 9.59 Å². The van der Waals surface area contributed by atoms with Gasteiger partial charge in [0.1, 0.15) is 5.69 Å². The van der Waals surface area contributed by atoms with Gasteiger partial charge in [-0.25, -0.2) is 0 Å². The van der Waals surface area contributed by atoms with Crippen molar-refractivity contribution in [3.05, 3.63) is 20.4 Å². The van der Waals surface area contributed by atoms with E-state index < -0.39 is 16.6 Å². The summed E-state index contributed by atoms with van der Waals surface area (Å²) in [5, 5.41) is 12.0. The minimum atomic E-state index is -0.763. The third-order valence-corrected chi connectivity index (χ3v) is 2.59. The van der Waals surface area contributed by atoms with Crippen molar-refractivity contribution < 1.29 is 5.11 Å². The van der Waals surface area contributed by atoms with Crippen LogP contribution in [0, 0.1) is 0 Å². The predicted octanol–water partition coefficient (Wildman–Crippen LogP) is 0.343. The number of anilines is 1. The van der Waals surface area contributed by atoms with E-state index in [-0.39, 0.29) is 11.7 Å². The minimum Gasteiger partial charge on any atom is -0.502 e. The molecule has 4 heteroatoms. The largest absolute Gasteiger partial charge is 0.502 e. The molecule has 0 bridgehead atoms.